The molecule has 1 aromatic carbocycles. The second kappa shape index (κ2) is 11.7. The van der Waals surface area contributed by atoms with Gasteiger partial charge >= 0.3 is 5.97 Å². The van der Waals surface area contributed by atoms with Crippen LogP contribution in [0, 0.1) is 11.8 Å². The highest BCUT2D eigenvalue weighted by Crippen LogP contribution is 2.24. The van der Waals surface area contributed by atoms with Gasteiger partial charge in [0.15, 0.2) is 5.96 Å². The van der Waals surface area contributed by atoms with Crippen LogP contribution in [0.15, 0.2) is 29.3 Å². The van der Waals surface area contributed by atoms with Crippen molar-refractivity contribution in [3.63, 3.8) is 0 Å². The quantitative estimate of drug-likeness (QED) is 0.283. The summed E-state index contributed by atoms with van der Waals surface area (Å²) in [7, 11) is 3.25. The van der Waals surface area contributed by atoms with Crippen molar-refractivity contribution >= 4 is 35.9 Å². The lowest BCUT2D eigenvalue weighted by molar-refractivity contribution is -0.145. The van der Waals surface area contributed by atoms with Crippen LogP contribution >= 0.6 is 24.0 Å². The summed E-state index contributed by atoms with van der Waals surface area (Å²) in [5, 5.41) is 3.44. The first-order valence-corrected chi connectivity index (χ1v) is 10.4. The molecule has 0 radical (unpaired) electrons. The van der Waals surface area contributed by atoms with Gasteiger partial charge < -0.3 is 15.0 Å². The van der Waals surface area contributed by atoms with Crippen molar-refractivity contribution in [3.05, 3.63) is 35.4 Å². The van der Waals surface area contributed by atoms with Crippen molar-refractivity contribution in [1.82, 2.24) is 15.1 Å². The number of piperidine rings is 1. The molecule has 1 aromatic rings. The van der Waals surface area contributed by atoms with E-state index in [-0.39, 0.29) is 41.8 Å². The number of likely N-dealkylation sites (tertiary alicyclic amines) is 2. The number of nitrogens with one attached hydrogen (secondary N) is 1. The Balaban J connectivity index is 0.00000300. The molecule has 3 rings (SSSR count). The minimum Gasteiger partial charge on any atom is -0.469 e. The number of hydrogen-bond donors (Lipinski definition) is 1. The molecular weight excluding hydrogens is 479 g/mol. The highest BCUT2D eigenvalue weighted by Gasteiger charge is 2.36. The van der Waals surface area contributed by atoms with E-state index in [2.05, 4.69) is 51.3 Å². The van der Waals surface area contributed by atoms with Crippen molar-refractivity contribution in [2.45, 2.75) is 39.3 Å². The van der Waals surface area contributed by atoms with Gasteiger partial charge in [0, 0.05) is 33.2 Å². The smallest absolute Gasteiger partial charge is 0.310 e. The van der Waals surface area contributed by atoms with E-state index in [1.807, 2.05) is 0 Å². The lowest BCUT2D eigenvalue weighted by atomic mass is 9.99. The average molecular weight is 514 g/mol. The fraction of sp³-hybridized carbons (Fsp3) is 0.636. The number of hydrogen-bond acceptors (Lipinski definition) is 4. The van der Waals surface area contributed by atoms with Gasteiger partial charge in [0.25, 0.3) is 0 Å². The van der Waals surface area contributed by atoms with Crippen molar-refractivity contribution in [3.8, 4) is 0 Å². The maximum atomic E-state index is 11.9. The second-order valence-electron chi connectivity index (χ2n) is 8.07. The molecule has 6 nitrogen and oxygen atoms in total. The van der Waals surface area contributed by atoms with Gasteiger partial charge in [-0.3, -0.25) is 14.7 Å². The Hall–Kier alpha value is -1.35. The van der Waals surface area contributed by atoms with E-state index in [1.165, 1.54) is 50.6 Å². The van der Waals surface area contributed by atoms with Crippen LogP contribution in [0.3, 0.4) is 0 Å². The fourth-order valence-electron chi connectivity index (χ4n) is 4.25. The molecule has 29 heavy (non-hydrogen) atoms. The zero-order valence-corrected chi connectivity index (χ0v) is 20.2. The van der Waals surface area contributed by atoms with E-state index in [4.69, 9.17) is 4.74 Å². The van der Waals surface area contributed by atoms with Crippen LogP contribution in [0.25, 0.3) is 0 Å². The molecule has 2 atom stereocenters. The molecule has 0 spiro atoms. The number of ether oxygens (including phenoxy) is 1. The summed E-state index contributed by atoms with van der Waals surface area (Å²) >= 11 is 0. The molecule has 2 fully saturated rings. The predicted octanol–water partition coefficient (Wildman–Crippen LogP) is 3.11. The van der Waals surface area contributed by atoms with Crippen LogP contribution in [0.1, 0.15) is 37.3 Å². The first kappa shape index (κ1) is 23.9. The summed E-state index contributed by atoms with van der Waals surface area (Å²) < 4.78 is 4.93. The number of esters is 1. The largest absolute Gasteiger partial charge is 0.469 e. The van der Waals surface area contributed by atoms with Gasteiger partial charge in [0.2, 0.25) is 0 Å². The van der Waals surface area contributed by atoms with Crippen LogP contribution in [0.2, 0.25) is 0 Å². The predicted molar refractivity (Wildman–Crippen MR) is 127 cm³/mol. The standard InChI is InChI=1S/C22H34N4O2.HI/c1-17-14-26(16-20(17)21(27)28-3)22(23-2)24-13-18-7-9-19(10-8-18)15-25-11-5-4-6-12-25;/h7-10,17,20H,4-6,11-16H2,1-3H3,(H,23,24);1H. The van der Waals surface area contributed by atoms with Crippen molar-refractivity contribution in [2.24, 2.45) is 16.8 Å². The molecule has 0 bridgehead atoms. The van der Waals surface area contributed by atoms with Gasteiger partial charge in [-0.25, -0.2) is 0 Å². The molecule has 2 aliphatic heterocycles. The topological polar surface area (TPSA) is 57.2 Å². The third-order valence-corrected chi connectivity index (χ3v) is 5.96. The number of carbonyl (C=O) groups is 1. The van der Waals surface area contributed by atoms with E-state index >= 15 is 0 Å². The summed E-state index contributed by atoms with van der Waals surface area (Å²) in [5.41, 5.74) is 2.62. The number of methoxy groups -OCH3 is 1. The summed E-state index contributed by atoms with van der Waals surface area (Å²) in [6, 6.07) is 8.87. The van der Waals surface area contributed by atoms with Crippen LogP contribution in [-0.2, 0) is 22.6 Å². The average Bonchev–Trinajstić information content (AvgIpc) is 3.11. The molecular formula is C22H35IN4O2. The molecule has 1 N–H and O–H groups in total. The van der Waals surface area contributed by atoms with E-state index in [0.29, 0.717) is 6.54 Å². The molecule has 2 aliphatic rings. The number of aliphatic imine (C=N–C) groups is 1. The molecule has 0 saturated carbocycles. The number of benzene rings is 1. The second-order valence-corrected chi connectivity index (χ2v) is 8.07. The van der Waals surface area contributed by atoms with Gasteiger partial charge in [-0.15, -0.1) is 24.0 Å². The Bertz CT molecular complexity index is 674. The molecule has 2 heterocycles. The van der Waals surface area contributed by atoms with Crippen molar-refractivity contribution in [1.29, 1.82) is 0 Å². The van der Waals surface area contributed by atoms with E-state index < -0.39 is 0 Å². The molecule has 162 valence electrons. The van der Waals surface area contributed by atoms with Crippen LogP contribution in [0.4, 0.5) is 0 Å². The third kappa shape index (κ3) is 6.57. The van der Waals surface area contributed by atoms with Crippen LogP contribution < -0.4 is 5.32 Å². The van der Waals surface area contributed by atoms with Crippen LogP contribution in [0.5, 0.6) is 0 Å². The highest BCUT2D eigenvalue weighted by molar-refractivity contribution is 14.0. The maximum Gasteiger partial charge on any atom is 0.310 e. The third-order valence-electron chi connectivity index (χ3n) is 5.96. The number of rotatable bonds is 5. The lowest BCUT2D eigenvalue weighted by Gasteiger charge is -2.26. The Morgan fingerprint density at radius 1 is 1.14 bits per heavy atom. The fourth-order valence-corrected chi connectivity index (χ4v) is 4.25. The van der Waals surface area contributed by atoms with Gasteiger partial charge in [0.05, 0.1) is 13.0 Å². The van der Waals surface area contributed by atoms with E-state index in [1.54, 1.807) is 7.05 Å². The maximum absolute atomic E-state index is 11.9. The van der Waals surface area contributed by atoms with Crippen molar-refractivity contribution < 1.29 is 9.53 Å². The molecule has 2 saturated heterocycles. The Morgan fingerprint density at radius 3 is 2.41 bits per heavy atom. The molecule has 7 heteroatoms. The monoisotopic (exact) mass is 514 g/mol. The zero-order chi connectivity index (χ0) is 19.9. The normalized spacial score (nSPS) is 22.9. The van der Waals surface area contributed by atoms with Gasteiger partial charge in [0.1, 0.15) is 0 Å². The summed E-state index contributed by atoms with van der Waals surface area (Å²) in [6.07, 6.45) is 4.03. The minimum absolute atomic E-state index is 0. The van der Waals surface area contributed by atoms with Crippen LogP contribution in [-0.4, -0.2) is 62.1 Å². The molecule has 0 aliphatic carbocycles. The summed E-state index contributed by atoms with van der Waals surface area (Å²) in [4.78, 5) is 21.0. The van der Waals surface area contributed by atoms with Gasteiger partial charge in [-0.2, -0.15) is 0 Å². The Kier molecular flexibility index (Phi) is 9.68. The van der Waals surface area contributed by atoms with Crippen molar-refractivity contribution in [2.75, 3.05) is 40.3 Å². The van der Waals surface area contributed by atoms with E-state index in [0.717, 1.165) is 25.6 Å². The summed E-state index contributed by atoms with van der Waals surface area (Å²) in [5.74, 6) is 0.892. The first-order valence-electron chi connectivity index (χ1n) is 10.4. The molecule has 0 amide bonds. The Labute approximate surface area is 192 Å². The summed E-state index contributed by atoms with van der Waals surface area (Å²) in [6.45, 7) is 7.79. The number of halogens is 1. The zero-order valence-electron chi connectivity index (χ0n) is 17.9. The SMILES string of the molecule is CN=C(NCc1ccc(CN2CCCCC2)cc1)N1CC(C)C(C(=O)OC)C1.I. The molecule has 2 unspecified atom stereocenters. The van der Waals surface area contributed by atoms with Gasteiger partial charge in [-0.05, 0) is 43.0 Å². The lowest BCUT2D eigenvalue weighted by Crippen LogP contribution is -2.40. The number of guanidine groups is 1. The number of nitrogens with zero attached hydrogens (tertiary/aromatic N) is 3. The Morgan fingerprint density at radius 2 is 1.79 bits per heavy atom. The number of carbonyl (C=O) groups excluding carboxylic acids is 1. The van der Waals surface area contributed by atoms with E-state index in [9.17, 15) is 4.79 Å². The highest BCUT2D eigenvalue weighted by atomic mass is 127. The molecule has 0 aromatic heterocycles. The minimum atomic E-state index is -0.130. The first-order chi connectivity index (χ1) is 13.6. The van der Waals surface area contributed by atoms with Gasteiger partial charge in [-0.1, -0.05) is 37.6 Å².